The third-order valence-electron chi connectivity index (χ3n) is 2.91. The van der Waals surface area contributed by atoms with Crippen molar-refractivity contribution in [2.75, 3.05) is 0 Å². The van der Waals surface area contributed by atoms with Gasteiger partial charge in [0.2, 0.25) is 9.84 Å². The van der Waals surface area contributed by atoms with Crippen LogP contribution >= 0.6 is 82.0 Å². The second-order valence-electron chi connectivity index (χ2n) is 4.57. The van der Waals surface area contributed by atoms with Gasteiger partial charge in [-0.05, 0) is 19.1 Å². The fourth-order valence-electron chi connectivity index (χ4n) is 1.63. The number of thiocarbonyl (C=S) groups is 1. The molecule has 128 valence electrons. The molecule has 0 aromatic heterocycles. The highest BCUT2D eigenvalue weighted by Crippen LogP contribution is 2.48. The first-order valence-corrected chi connectivity index (χ1v) is 10.7. The van der Waals surface area contributed by atoms with Gasteiger partial charge in [0.1, 0.15) is 0 Å². The van der Waals surface area contributed by atoms with Crippen LogP contribution < -0.4 is 0 Å². The van der Waals surface area contributed by atoms with Gasteiger partial charge in [-0.25, -0.2) is 8.42 Å². The smallest absolute Gasteiger partial charge is 0.217 e. The molecule has 2 aromatic rings. The molecule has 0 spiro atoms. The standard InChI is InChI=1S/C14H7Cl5O2S3/c1-6-2-4-7(5-3-6)24(20,21)14(22)23-13-11(18)9(16)8(15)10(17)12(13)19/h2-5H,1H3. The lowest BCUT2D eigenvalue weighted by atomic mass is 10.2. The molecule has 0 aliphatic rings. The Morgan fingerprint density at radius 1 is 0.875 bits per heavy atom. The molecule has 2 nitrogen and oxygen atoms in total. The second kappa shape index (κ2) is 7.89. The molecule has 0 aliphatic heterocycles. The Morgan fingerprint density at radius 2 is 1.29 bits per heavy atom. The average molecular weight is 481 g/mol. The number of hydrogen-bond donors (Lipinski definition) is 0. The average Bonchev–Trinajstić information content (AvgIpc) is 2.55. The molecule has 0 N–H and O–H groups in total. The number of hydrogen-bond acceptors (Lipinski definition) is 4. The van der Waals surface area contributed by atoms with Crippen molar-refractivity contribution in [2.45, 2.75) is 16.7 Å². The quantitative estimate of drug-likeness (QED) is 0.198. The van der Waals surface area contributed by atoms with Crippen LogP contribution in [0, 0.1) is 6.92 Å². The lowest BCUT2D eigenvalue weighted by Gasteiger charge is -2.12. The monoisotopic (exact) mass is 478 g/mol. The molecule has 0 fully saturated rings. The minimum Gasteiger partial charge on any atom is -0.217 e. The van der Waals surface area contributed by atoms with E-state index >= 15 is 0 Å². The molecule has 0 radical (unpaired) electrons. The van der Waals surface area contributed by atoms with E-state index in [1.54, 1.807) is 12.1 Å². The molecule has 2 aromatic carbocycles. The van der Waals surface area contributed by atoms with Crippen LogP contribution in [0.2, 0.25) is 25.1 Å². The minimum atomic E-state index is -3.87. The van der Waals surface area contributed by atoms with E-state index in [-0.39, 0.29) is 38.4 Å². The van der Waals surface area contributed by atoms with Gasteiger partial charge >= 0.3 is 0 Å². The highest BCUT2D eigenvalue weighted by molar-refractivity contribution is 8.44. The summed E-state index contributed by atoms with van der Waals surface area (Å²) >= 11 is 35.8. The molecule has 10 heteroatoms. The van der Waals surface area contributed by atoms with Crippen LogP contribution in [-0.2, 0) is 9.84 Å². The van der Waals surface area contributed by atoms with E-state index in [1.165, 1.54) is 12.1 Å². The van der Waals surface area contributed by atoms with Crippen molar-refractivity contribution in [3.63, 3.8) is 0 Å². The van der Waals surface area contributed by atoms with Crippen molar-refractivity contribution in [1.29, 1.82) is 0 Å². The minimum absolute atomic E-state index is 0.00927. The summed E-state index contributed by atoms with van der Waals surface area (Å²) in [4.78, 5) is 0.211. The summed E-state index contributed by atoms with van der Waals surface area (Å²) < 4.78 is 24.8. The molecule has 0 unspecified atom stereocenters. The van der Waals surface area contributed by atoms with Crippen LogP contribution in [0.15, 0.2) is 34.1 Å². The van der Waals surface area contributed by atoms with Crippen LogP contribution in [0.3, 0.4) is 0 Å². The van der Waals surface area contributed by atoms with Crippen molar-refractivity contribution in [2.24, 2.45) is 0 Å². The largest absolute Gasteiger partial charge is 0.223 e. The van der Waals surface area contributed by atoms with Gasteiger partial charge in [0.15, 0.2) is 3.53 Å². The summed E-state index contributed by atoms with van der Waals surface area (Å²) in [6.45, 7) is 1.85. The molecule has 0 saturated heterocycles. The van der Waals surface area contributed by atoms with Crippen LogP contribution in [0.5, 0.6) is 0 Å². The summed E-state index contributed by atoms with van der Waals surface area (Å²) in [6.07, 6.45) is 0. The lowest BCUT2D eigenvalue weighted by Crippen LogP contribution is -2.09. The second-order valence-corrected chi connectivity index (χ2v) is 10.5. The van der Waals surface area contributed by atoms with Crippen molar-refractivity contribution >= 4 is 95.4 Å². The highest BCUT2D eigenvalue weighted by Gasteiger charge is 2.26. The first-order valence-electron chi connectivity index (χ1n) is 6.12. The van der Waals surface area contributed by atoms with Gasteiger partial charge in [0, 0.05) is 0 Å². The zero-order valence-corrected chi connectivity index (χ0v) is 18.0. The predicted octanol–water partition coefficient (Wildman–Crippen LogP) is 7.11. The molecular weight excluding hydrogens is 474 g/mol. The summed E-state index contributed by atoms with van der Waals surface area (Å²) in [7, 11) is -3.87. The number of halogens is 5. The van der Waals surface area contributed by atoms with E-state index in [2.05, 4.69) is 0 Å². The summed E-state index contributed by atoms with van der Waals surface area (Å²) in [6, 6.07) is 6.30. The number of rotatable bonds is 2. The zero-order valence-electron chi connectivity index (χ0n) is 11.7. The molecule has 0 amide bonds. The maximum absolute atomic E-state index is 12.6. The van der Waals surface area contributed by atoms with Gasteiger partial charge in [-0.3, -0.25) is 0 Å². The van der Waals surface area contributed by atoms with Crippen molar-refractivity contribution < 1.29 is 8.42 Å². The van der Waals surface area contributed by atoms with E-state index in [0.29, 0.717) is 11.8 Å². The van der Waals surface area contributed by atoms with Gasteiger partial charge in [-0.2, -0.15) is 0 Å². The zero-order chi connectivity index (χ0) is 18.2. The van der Waals surface area contributed by atoms with E-state index in [1.807, 2.05) is 6.92 Å². The third kappa shape index (κ3) is 3.99. The number of aryl methyl sites for hydroxylation is 1. The van der Waals surface area contributed by atoms with E-state index in [0.717, 1.165) is 5.56 Å². The van der Waals surface area contributed by atoms with Gasteiger partial charge in [-0.1, -0.05) is 99.7 Å². The summed E-state index contributed by atoms with van der Waals surface area (Å²) in [5.41, 5.74) is 0.926. The fraction of sp³-hybridized carbons (Fsp3) is 0.0714. The Bertz CT molecular complexity index is 895. The predicted molar refractivity (Wildman–Crippen MR) is 108 cm³/mol. The molecule has 24 heavy (non-hydrogen) atoms. The SMILES string of the molecule is Cc1ccc(S(=O)(=O)C(=S)Sc2c(Cl)c(Cl)c(Cl)c(Cl)c2Cl)cc1. The van der Waals surface area contributed by atoms with Gasteiger partial charge < -0.3 is 0 Å². The number of benzene rings is 2. The van der Waals surface area contributed by atoms with Crippen molar-refractivity contribution in [3.05, 3.63) is 54.9 Å². The van der Waals surface area contributed by atoms with Crippen LogP contribution in [-0.4, -0.2) is 11.9 Å². The van der Waals surface area contributed by atoms with Crippen LogP contribution in [0.1, 0.15) is 5.56 Å². The Hall–Kier alpha value is 0.280. The Balaban J connectivity index is 2.45. The summed E-state index contributed by atoms with van der Waals surface area (Å²) in [5, 5.41) is -0.0772. The third-order valence-corrected chi connectivity index (χ3v) is 9.33. The van der Waals surface area contributed by atoms with Crippen LogP contribution in [0.25, 0.3) is 0 Å². The molecular formula is C14H7Cl5O2S3. The van der Waals surface area contributed by atoms with Crippen molar-refractivity contribution in [1.82, 2.24) is 0 Å². The van der Waals surface area contributed by atoms with Gasteiger partial charge in [0.05, 0.1) is 34.9 Å². The molecule has 0 aliphatic carbocycles. The lowest BCUT2D eigenvalue weighted by molar-refractivity contribution is 0.608. The first kappa shape index (κ1) is 20.6. The van der Waals surface area contributed by atoms with Crippen LogP contribution in [0.4, 0.5) is 0 Å². The Labute approximate surface area is 174 Å². The normalized spacial score (nSPS) is 11.6. The van der Waals surface area contributed by atoms with E-state index < -0.39 is 9.84 Å². The molecule has 0 atom stereocenters. The number of sulfone groups is 1. The molecule has 0 heterocycles. The maximum atomic E-state index is 12.6. The maximum Gasteiger partial charge on any atom is 0.223 e. The van der Waals surface area contributed by atoms with Gasteiger partial charge in [-0.15, -0.1) is 0 Å². The van der Waals surface area contributed by atoms with E-state index in [9.17, 15) is 8.42 Å². The first-order chi connectivity index (χ1) is 11.1. The van der Waals surface area contributed by atoms with Gasteiger partial charge in [0.25, 0.3) is 0 Å². The van der Waals surface area contributed by atoms with Crippen molar-refractivity contribution in [3.8, 4) is 0 Å². The number of thioether (sulfide) groups is 1. The Morgan fingerprint density at radius 3 is 1.75 bits per heavy atom. The van der Waals surface area contributed by atoms with E-state index in [4.69, 9.17) is 70.2 Å². The fourth-order valence-corrected chi connectivity index (χ4v) is 5.86. The molecule has 2 rings (SSSR count). The molecule has 0 bridgehead atoms. The Kier molecular flexibility index (Phi) is 6.77. The highest BCUT2D eigenvalue weighted by atomic mass is 35.5. The topological polar surface area (TPSA) is 34.1 Å². The molecule has 0 saturated carbocycles. The summed E-state index contributed by atoms with van der Waals surface area (Å²) in [5.74, 6) is 0.